The molecule has 0 saturated carbocycles. The summed E-state index contributed by atoms with van der Waals surface area (Å²) < 4.78 is 5.09. The first kappa shape index (κ1) is 18.2. The van der Waals surface area contributed by atoms with Crippen LogP contribution in [0.1, 0.15) is 34.6 Å². The van der Waals surface area contributed by atoms with E-state index in [1.165, 1.54) is 7.05 Å². The molecular weight excluding hydrogens is 264 g/mol. The van der Waals surface area contributed by atoms with Crippen LogP contribution >= 0.6 is 0 Å². The highest BCUT2D eigenvalue weighted by molar-refractivity contribution is 5.86. The van der Waals surface area contributed by atoms with Crippen LogP contribution in [0.25, 0.3) is 0 Å². The zero-order chi connectivity index (χ0) is 16.1. The van der Waals surface area contributed by atoms with Crippen LogP contribution < -0.4 is 5.32 Å². The Morgan fingerprint density at radius 2 is 1.75 bits per heavy atom. The average molecular weight is 288 g/mol. The van der Waals surface area contributed by atoms with Crippen LogP contribution in [0.15, 0.2) is 0 Å². The summed E-state index contributed by atoms with van der Waals surface area (Å²) in [6.45, 7) is 8.28. The van der Waals surface area contributed by atoms with E-state index in [4.69, 9.17) is 9.84 Å². The van der Waals surface area contributed by atoms with E-state index in [-0.39, 0.29) is 12.5 Å². The monoisotopic (exact) mass is 288 g/mol. The van der Waals surface area contributed by atoms with E-state index in [0.717, 1.165) is 4.90 Å². The van der Waals surface area contributed by atoms with E-state index < -0.39 is 29.6 Å². The quantitative estimate of drug-likeness (QED) is 0.789. The fourth-order valence-corrected chi connectivity index (χ4v) is 1.35. The highest BCUT2D eigenvalue weighted by Gasteiger charge is 2.25. The lowest BCUT2D eigenvalue weighted by molar-refractivity contribution is -0.143. The van der Waals surface area contributed by atoms with Crippen molar-refractivity contribution < 1.29 is 24.2 Å². The third-order valence-electron chi connectivity index (χ3n) is 2.34. The van der Waals surface area contributed by atoms with E-state index in [9.17, 15) is 14.4 Å². The van der Waals surface area contributed by atoms with E-state index in [1.807, 2.05) is 0 Å². The minimum atomic E-state index is -1.10. The van der Waals surface area contributed by atoms with E-state index >= 15 is 0 Å². The van der Waals surface area contributed by atoms with Gasteiger partial charge in [-0.25, -0.2) is 9.59 Å². The Hall–Kier alpha value is -1.79. The van der Waals surface area contributed by atoms with Gasteiger partial charge < -0.3 is 20.1 Å². The summed E-state index contributed by atoms with van der Waals surface area (Å²) in [6.07, 6.45) is -0.635. The van der Waals surface area contributed by atoms with Crippen molar-refractivity contribution >= 4 is 18.0 Å². The number of likely N-dealkylation sites (N-methyl/N-ethyl adjacent to an activating group) is 1. The number of aliphatic carboxylic acids is 1. The Morgan fingerprint density at radius 3 is 2.10 bits per heavy atom. The molecule has 0 aliphatic rings. The number of carboxylic acid groups (broad SMARTS) is 1. The molecule has 0 rings (SSSR count). The van der Waals surface area contributed by atoms with Gasteiger partial charge in [-0.15, -0.1) is 0 Å². The Bertz CT molecular complexity index is 373. The molecule has 1 unspecified atom stereocenters. The van der Waals surface area contributed by atoms with Crippen molar-refractivity contribution in [1.82, 2.24) is 10.2 Å². The Morgan fingerprint density at radius 1 is 1.25 bits per heavy atom. The van der Waals surface area contributed by atoms with E-state index in [1.54, 1.807) is 34.6 Å². The second kappa shape index (κ2) is 7.12. The zero-order valence-corrected chi connectivity index (χ0v) is 12.9. The maximum atomic E-state index is 11.7. The topological polar surface area (TPSA) is 95.9 Å². The van der Waals surface area contributed by atoms with Gasteiger partial charge in [0, 0.05) is 7.05 Å². The molecule has 0 radical (unpaired) electrons. The van der Waals surface area contributed by atoms with Gasteiger partial charge in [0.05, 0.1) is 0 Å². The van der Waals surface area contributed by atoms with Crippen LogP contribution in [0, 0.1) is 5.92 Å². The maximum Gasteiger partial charge on any atom is 0.410 e. The van der Waals surface area contributed by atoms with Crippen LogP contribution in [-0.4, -0.2) is 53.2 Å². The van der Waals surface area contributed by atoms with Crippen molar-refractivity contribution in [1.29, 1.82) is 0 Å². The second-order valence-electron chi connectivity index (χ2n) is 5.96. The van der Waals surface area contributed by atoms with Gasteiger partial charge in [-0.1, -0.05) is 13.8 Å². The van der Waals surface area contributed by atoms with Gasteiger partial charge in [0.1, 0.15) is 18.2 Å². The molecule has 0 aromatic carbocycles. The standard InChI is InChI=1S/C13H24N2O5/c1-8(2)10(11(17)18)14-9(16)7-15(6)12(19)20-13(3,4)5/h8,10H,7H2,1-6H3,(H,14,16)(H,17,18). The van der Waals surface area contributed by atoms with Crippen LogP contribution in [0.5, 0.6) is 0 Å². The molecule has 2 amide bonds. The minimum Gasteiger partial charge on any atom is -0.480 e. The van der Waals surface area contributed by atoms with Gasteiger partial charge in [0.15, 0.2) is 0 Å². The number of rotatable bonds is 5. The number of carbonyl (C=O) groups excluding carboxylic acids is 2. The van der Waals surface area contributed by atoms with Crippen molar-refractivity contribution in [3.8, 4) is 0 Å². The normalized spacial score (nSPS) is 12.8. The lowest BCUT2D eigenvalue weighted by Gasteiger charge is -2.25. The molecular formula is C13H24N2O5. The molecule has 20 heavy (non-hydrogen) atoms. The van der Waals surface area contributed by atoms with Crippen LogP contribution in [0.4, 0.5) is 4.79 Å². The molecule has 2 N–H and O–H groups in total. The third-order valence-corrected chi connectivity index (χ3v) is 2.34. The molecule has 0 aliphatic carbocycles. The summed E-state index contributed by atoms with van der Waals surface area (Å²) in [7, 11) is 1.42. The second-order valence-corrected chi connectivity index (χ2v) is 5.96. The van der Waals surface area contributed by atoms with E-state index in [0.29, 0.717) is 0 Å². The third kappa shape index (κ3) is 6.96. The fourth-order valence-electron chi connectivity index (χ4n) is 1.35. The van der Waals surface area contributed by atoms with Crippen molar-refractivity contribution in [2.24, 2.45) is 5.92 Å². The zero-order valence-electron chi connectivity index (χ0n) is 12.9. The highest BCUT2D eigenvalue weighted by atomic mass is 16.6. The maximum absolute atomic E-state index is 11.7. The van der Waals surface area contributed by atoms with Crippen LogP contribution in [0.3, 0.4) is 0 Å². The van der Waals surface area contributed by atoms with Gasteiger partial charge in [-0.2, -0.15) is 0 Å². The molecule has 7 heteroatoms. The number of carbonyl (C=O) groups is 3. The number of hydrogen-bond donors (Lipinski definition) is 2. The number of nitrogens with one attached hydrogen (secondary N) is 1. The Balaban J connectivity index is 4.46. The fraction of sp³-hybridized carbons (Fsp3) is 0.769. The molecule has 0 aliphatic heterocycles. The lowest BCUT2D eigenvalue weighted by Crippen LogP contribution is -2.48. The van der Waals surface area contributed by atoms with Gasteiger partial charge in [-0.3, -0.25) is 4.79 Å². The van der Waals surface area contributed by atoms with E-state index in [2.05, 4.69) is 5.32 Å². The summed E-state index contributed by atoms with van der Waals surface area (Å²) in [5, 5.41) is 11.3. The first-order chi connectivity index (χ1) is 8.94. The summed E-state index contributed by atoms with van der Waals surface area (Å²) in [6, 6.07) is -0.977. The van der Waals surface area contributed by atoms with Crippen molar-refractivity contribution in [3.63, 3.8) is 0 Å². The SMILES string of the molecule is CC(C)C(NC(=O)CN(C)C(=O)OC(C)(C)C)C(=O)O. The molecule has 1 atom stereocenters. The largest absolute Gasteiger partial charge is 0.480 e. The molecule has 0 spiro atoms. The van der Waals surface area contributed by atoms with Gasteiger partial charge in [0.25, 0.3) is 0 Å². The molecule has 0 bridgehead atoms. The number of ether oxygens (including phenoxy) is 1. The number of hydrogen-bond acceptors (Lipinski definition) is 4. The number of nitrogens with zero attached hydrogens (tertiary/aromatic N) is 1. The smallest absolute Gasteiger partial charge is 0.410 e. The summed E-state index contributed by atoms with van der Waals surface area (Å²) in [4.78, 5) is 35.4. The first-order valence-corrected chi connectivity index (χ1v) is 6.40. The van der Waals surface area contributed by atoms with Gasteiger partial charge in [0.2, 0.25) is 5.91 Å². The summed E-state index contributed by atoms with van der Waals surface area (Å²) in [5.74, 6) is -1.89. The number of carboxylic acids is 1. The summed E-state index contributed by atoms with van der Waals surface area (Å²) in [5.41, 5.74) is -0.649. The van der Waals surface area contributed by atoms with Crippen molar-refractivity contribution in [2.75, 3.05) is 13.6 Å². The molecule has 7 nitrogen and oxygen atoms in total. The molecule has 0 aromatic rings. The highest BCUT2D eigenvalue weighted by Crippen LogP contribution is 2.09. The Kier molecular flexibility index (Phi) is 6.48. The predicted octanol–water partition coefficient (Wildman–Crippen LogP) is 1.08. The van der Waals surface area contributed by atoms with Crippen molar-refractivity contribution in [3.05, 3.63) is 0 Å². The van der Waals surface area contributed by atoms with Gasteiger partial charge >= 0.3 is 12.1 Å². The molecule has 0 aromatic heterocycles. The molecule has 0 heterocycles. The van der Waals surface area contributed by atoms with Crippen molar-refractivity contribution in [2.45, 2.75) is 46.3 Å². The Labute approximate surface area is 119 Å². The van der Waals surface area contributed by atoms with Crippen LogP contribution in [-0.2, 0) is 14.3 Å². The number of amides is 2. The lowest BCUT2D eigenvalue weighted by atomic mass is 10.1. The van der Waals surface area contributed by atoms with Gasteiger partial charge in [-0.05, 0) is 26.7 Å². The first-order valence-electron chi connectivity index (χ1n) is 6.40. The molecule has 0 fully saturated rings. The average Bonchev–Trinajstić information content (AvgIpc) is 2.22. The molecule has 0 saturated heterocycles. The summed E-state index contributed by atoms with van der Waals surface area (Å²) >= 11 is 0. The predicted molar refractivity (Wildman–Crippen MR) is 73.3 cm³/mol. The van der Waals surface area contributed by atoms with Crippen LogP contribution in [0.2, 0.25) is 0 Å². The minimum absolute atomic E-state index is 0.247. The molecule has 116 valence electrons.